The molecule has 0 aliphatic heterocycles. The van der Waals surface area contributed by atoms with Crippen molar-refractivity contribution in [3.05, 3.63) is 84.2 Å². The van der Waals surface area contributed by atoms with Gasteiger partial charge in [0.15, 0.2) is 0 Å². The molecule has 0 radical (unpaired) electrons. The van der Waals surface area contributed by atoms with E-state index in [9.17, 15) is 13.2 Å². The third kappa shape index (κ3) is 5.22. The fourth-order valence-electron chi connectivity index (χ4n) is 2.98. The van der Waals surface area contributed by atoms with Crippen LogP contribution >= 0.6 is 0 Å². The molecule has 2 N–H and O–H groups in total. The van der Waals surface area contributed by atoms with Crippen LogP contribution in [-0.4, -0.2) is 25.9 Å². The average Bonchev–Trinajstić information content (AvgIpc) is 2.74. The van der Waals surface area contributed by atoms with Gasteiger partial charge in [-0.15, -0.1) is 0 Å². The number of carbonyl (C=O) groups excluding carboxylic acids is 1. The van der Waals surface area contributed by atoms with Gasteiger partial charge < -0.3 is 10.1 Å². The van der Waals surface area contributed by atoms with Gasteiger partial charge in [-0.2, -0.15) is 4.72 Å². The Bertz CT molecular complexity index is 1060. The summed E-state index contributed by atoms with van der Waals surface area (Å²) in [7, 11) is -4.03. The molecule has 0 saturated heterocycles. The molecule has 1 heterocycles. The molecule has 0 aliphatic rings. The Hall–Kier alpha value is -3.23. The molecular formula is C22H23N3O4S. The van der Waals surface area contributed by atoms with Crippen LogP contribution < -0.4 is 14.8 Å². The second-order valence-corrected chi connectivity index (χ2v) is 8.18. The van der Waals surface area contributed by atoms with Crippen LogP contribution in [0.3, 0.4) is 0 Å². The third-order valence-corrected chi connectivity index (χ3v) is 5.69. The summed E-state index contributed by atoms with van der Waals surface area (Å²) >= 11 is 0. The van der Waals surface area contributed by atoms with Crippen molar-refractivity contribution in [2.75, 3.05) is 11.9 Å². The van der Waals surface area contributed by atoms with E-state index in [0.717, 1.165) is 5.56 Å². The van der Waals surface area contributed by atoms with E-state index in [1.807, 2.05) is 30.3 Å². The molecule has 2 aromatic carbocycles. The number of amides is 1. The maximum atomic E-state index is 13.4. The van der Waals surface area contributed by atoms with Crippen molar-refractivity contribution in [2.24, 2.45) is 0 Å². The van der Waals surface area contributed by atoms with Crippen LogP contribution in [0.4, 0.5) is 5.69 Å². The van der Waals surface area contributed by atoms with Gasteiger partial charge in [-0.05, 0) is 42.8 Å². The molecule has 7 nitrogen and oxygen atoms in total. The zero-order valence-electron chi connectivity index (χ0n) is 16.7. The number of hydrogen-bond acceptors (Lipinski definition) is 5. The lowest BCUT2D eigenvalue weighted by Gasteiger charge is -2.20. The van der Waals surface area contributed by atoms with Crippen LogP contribution in [0.2, 0.25) is 0 Å². The largest absolute Gasteiger partial charge is 0.492 e. The zero-order valence-corrected chi connectivity index (χ0v) is 17.5. The molecule has 3 rings (SSSR count). The number of nitrogens with zero attached hydrogens (tertiary/aromatic N) is 1. The van der Waals surface area contributed by atoms with Gasteiger partial charge in [0.05, 0.1) is 18.3 Å². The molecule has 1 aromatic heterocycles. The number of pyridine rings is 1. The Labute approximate surface area is 176 Å². The first-order chi connectivity index (χ1) is 14.4. The van der Waals surface area contributed by atoms with Crippen LogP contribution in [-0.2, 0) is 14.8 Å². The minimum atomic E-state index is -4.03. The first kappa shape index (κ1) is 21.5. The second kappa shape index (κ2) is 9.51. The number of carbonyl (C=O) groups is 1. The van der Waals surface area contributed by atoms with E-state index in [1.54, 1.807) is 37.4 Å². The van der Waals surface area contributed by atoms with Crippen LogP contribution in [0.25, 0.3) is 0 Å². The Kier molecular flexibility index (Phi) is 6.81. The lowest BCUT2D eigenvalue weighted by Crippen LogP contribution is -2.30. The van der Waals surface area contributed by atoms with E-state index in [1.165, 1.54) is 19.1 Å². The van der Waals surface area contributed by atoms with E-state index in [2.05, 4.69) is 15.0 Å². The number of aromatic nitrogens is 1. The van der Waals surface area contributed by atoms with E-state index >= 15 is 0 Å². The van der Waals surface area contributed by atoms with E-state index in [0.29, 0.717) is 18.0 Å². The van der Waals surface area contributed by atoms with Gasteiger partial charge >= 0.3 is 0 Å². The number of anilines is 1. The summed E-state index contributed by atoms with van der Waals surface area (Å²) in [6.07, 6.45) is 1.61. The van der Waals surface area contributed by atoms with Crippen molar-refractivity contribution in [1.29, 1.82) is 0 Å². The third-order valence-electron chi connectivity index (χ3n) is 4.24. The maximum absolute atomic E-state index is 13.4. The molecule has 0 aliphatic carbocycles. The highest BCUT2D eigenvalue weighted by atomic mass is 32.2. The SMILES string of the molecule is CCOc1ccc(NC(C)=O)cc1S(=O)(=O)NC(c1ccccc1)c1ccccn1. The van der Waals surface area contributed by atoms with Crippen molar-refractivity contribution < 1.29 is 17.9 Å². The topological polar surface area (TPSA) is 97.4 Å². The molecule has 0 saturated carbocycles. The highest BCUT2D eigenvalue weighted by Crippen LogP contribution is 2.30. The highest BCUT2D eigenvalue weighted by molar-refractivity contribution is 7.89. The zero-order chi connectivity index (χ0) is 21.6. The van der Waals surface area contributed by atoms with Gasteiger partial charge in [0.1, 0.15) is 10.6 Å². The van der Waals surface area contributed by atoms with Crippen LogP contribution in [0.15, 0.2) is 77.8 Å². The van der Waals surface area contributed by atoms with E-state index in [4.69, 9.17) is 4.74 Å². The molecule has 0 fully saturated rings. The minimum Gasteiger partial charge on any atom is -0.492 e. The fraction of sp³-hybridized carbons (Fsp3) is 0.182. The molecule has 156 valence electrons. The summed E-state index contributed by atoms with van der Waals surface area (Å²) in [4.78, 5) is 15.7. The van der Waals surface area contributed by atoms with Gasteiger partial charge in [0.2, 0.25) is 15.9 Å². The minimum absolute atomic E-state index is 0.0625. The smallest absolute Gasteiger partial charge is 0.245 e. The molecule has 1 atom stereocenters. The molecule has 3 aromatic rings. The molecule has 1 amide bonds. The summed E-state index contributed by atoms with van der Waals surface area (Å²) in [5.41, 5.74) is 1.67. The second-order valence-electron chi connectivity index (χ2n) is 6.50. The van der Waals surface area contributed by atoms with Crippen molar-refractivity contribution in [3.63, 3.8) is 0 Å². The normalized spacial score (nSPS) is 12.2. The van der Waals surface area contributed by atoms with Crippen LogP contribution in [0.1, 0.15) is 31.1 Å². The number of sulfonamides is 1. The summed E-state index contributed by atoms with van der Waals surface area (Å²) in [5.74, 6) is -0.0990. The standard InChI is InChI=1S/C22H23N3O4S/c1-3-29-20-13-12-18(24-16(2)26)15-21(20)30(27,28)25-22(17-9-5-4-6-10-17)19-11-7-8-14-23-19/h4-15,22,25H,3H2,1-2H3,(H,24,26). The fourth-order valence-corrected chi connectivity index (χ4v) is 4.35. The molecular weight excluding hydrogens is 402 g/mol. The molecule has 0 spiro atoms. The predicted octanol–water partition coefficient (Wildman–Crippen LogP) is 3.51. The number of nitrogens with one attached hydrogen (secondary N) is 2. The number of ether oxygens (including phenoxy) is 1. The van der Waals surface area contributed by atoms with Crippen LogP contribution in [0, 0.1) is 0 Å². The van der Waals surface area contributed by atoms with Crippen molar-refractivity contribution in [3.8, 4) is 5.75 Å². The summed E-state index contributed by atoms with van der Waals surface area (Å²) in [6.45, 7) is 3.42. The Morgan fingerprint density at radius 2 is 1.80 bits per heavy atom. The van der Waals surface area contributed by atoms with Gasteiger partial charge in [-0.1, -0.05) is 36.4 Å². The Morgan fingerprint density at radius 1 is 1.07 bits per heavy atom. The molecule has 8 heteroatoms. The van der Waals surface area contributed by atoms with E-state index in [-0.39, 0.29) is 16.6 Å². The molecule has 30 heavy (non-hydrogen) atoms. The first-order valence-corrected chi connectivity index (χ1v) is 10.9. The van der Waals surface area contributed by atoms with E-state index < -0.39 is 16.1 Å². The first-order valence-electron chi connectivity index (χ1n) is 9.43. The lowest BCUT2D eigenvalue weighted by molar-refractivity contribution is -0.114. The van der Waals surface area contributed by atoms with Crippen molar-refractivity contribution in [2.45, 2.75) is 24.8 Å². The van der Waals surface area contributed by atoms with Crippen molar-refractivity contribution >= 4 is 21.6 Å². The van der Waals surface area contributed by atoms with Crippen molar-refractivity contribution in [1.82, 2.24) is 9.71 Å². The highest BCUT2D eigenvalue weighted by Gasteiger charge is 2.27. The Morgan fingerprint density at radius 3 is 2.43 bits per heavy atom. The van der Waals surface area contributed by atoms with Gasteiger partial charge in [-0.3, -0.25) is 9.78 Å². The number of benzene rings is 2. The van der Waals surface area contributed by atoms with Gasteiger partial charge in [-0.25, -0.2) is 8.42 Å². The summed E-state index contributed by atoms with van der Waals surface area (Å²) < 4.78 is 35.1. The number of rotatable bonds is 8. The monoisotopic (exact) mass is 425 g/mol. The average molecular weight is 426 g/mol. The summed E-state index contributed by atoms with van der Waals surface area (Å²) in [5, 5.41) is 2.60. The summed E-state index contributed by atoms with van der Waals surface area (Å²) in [6, 6.07) is 18.3. The predicted molar refractivity (Wildman–Crippen MR) is 115 cm³/mol. The number of hydrogen-bond donors (Lipinski definition) is 2. The molecule has 1 unspecified atom stereocenters. The van der Waals surface area contributed by atoms with Gasteiger partial charge in [0, 0.05) is 18.8 Å². The maximum Gasteiger partial charge on any atom is 0.245 e. The Balaban J connectivity index is 2.05. The van der Waals surface area contributed by atoms with Crippen LogP contribution in [0.5, 0.6) is 5.75 Å². The molecule has 0 bridgehead atoms. The van der Waals surface area contributed by atoms with Gasteiger partial charge in [0.25, 0.3) is 0 Å². The quantitative estimate of drug-likeness (QED) is 0.576. The lowest BCUT2D eigenvalue weighted by atomic mass is 10.0.